The van der Waals surface area contributed by atoms with Crippen molar-refractivity contribution in [3.63, 3.8) is 0 Å². The Bertz CT molecular complexity index is 556. The predicted molar refractivity (Wildman–Crippen MR) is 75.6 cm³/mol. The number of piperazine rings is 1. The lowest BCUT2D eigenvalue weighted by Crippen LogP contribution is -2.46. The van der Waals surface area contributed by atoms with Crippen LogP contribution in [-0.4, -0.2) is 64.8 Å². The maximum atomic E-state index is 4.59. The predicted octanol–water partition coefficient (Wildman–Crippen LogP) is 0.536. The normalized spacial score (nSPS) is 17.1. The van der Waals surface area contributed by atoms with Crippen molar-refractivity contribution in [2.24, 2.45) is 0 Å². The van der Waals surface area contributed by atoms with Gasteiger partial charge in [0.1, 0.15) is 5.82 Å². The summed E-state index contributed by atoms with van der Waals surface area (Å²) in [7, 11) is 1.83. The molecular weight excluding hydrogens is 242 g/mol. The lowest BCUT2D eigenvalue weighted by Gasteiger charge is -2.35. The van der Waals surface area contributed by atoms with Gasteiger partial charge in [0.2, 0.25) is 5.95 Å². The highest BCUT2D eigenvalue weighted by Crippen LogP contribution is 2.24. The Kier molecular flexibility index (Phi) is 3.20. The lowest BCUT2D eigenvalue weighted by molar-refractivity contribution is 0.271. The Morgan fingerprint density at radius 3 is 2.74 bits per heavy atom. The minimum Gasteiger partial charge on any atom is -0.357 e. The maximum absolute atomic E-state index is 4.59. The van der Waals surface area contributed by atoms with Gasteiger partial charge in [0.25, 0.3) is 0 Å². The monoisotopic (exact) mass is 261 g/mol. The number of aromatic nitrogens is 4. The van der Waals surface area contributed by atoms with Crippen molar-refractivity contribution in [3.05, 3.63) is 6.20 Å². The zero-order valence-corrected chi connectivity index (χ0v) is 11.3. The third-order valence-corrected chi connectivity index (χ3v) is 3.63. The van der Waals surface area contributed by atoms with Gasteiger partial charge in [0, 0.05) is 33.2 Å². The summed E-state index contributed by atoms with van der Waals surface area (Å²) >= 11 is 0. The van der Waals surface area contributed by atoms with Gasteiger partial charge in [0.15, 0.2) is 5.65 Å². The van der Waals surface area contributed by atoms with Crippen LogP contribution in [0.3, 0.4) is 0 Å². The van der Waals surface area contributed by atoms with E-state index in [0.717, 1.165) is 49.6 Å². The SMILES string of the molecule is CCN1CCN(c2nc(NC)nc3[nH]ncc23)CC1. The van der Waals surface area contributed by atoms with Crippen molar-refractivity contribution in [2.45, 2.75) is 6.92 Å². The molecule has 0 atom stereocenters. The first-order valence-electron chi connectivity index (χ1n) is 6.68. The zero-order chi connectivity index (χ0) is 13.2. The average molecular weight is 261 g/mol. The topological polar surface area (TPSA) is 73.0 Å². The second-order valence-electron chi connectivity index (χ2n) is 4.67. The number of rotatable bonds is 3. The maximum Gasteiger partial charge on any atom is 0.226 e. The van der Waals surface area contributed by atoms with Crippen molar-refractivity contribution in [1.29, 1.82) is 0 Å². The molecule has 0 radical (unpaired) electrons. The molecule has 1 fully saturated rings. The van der Waals surface area contributed by atoms with E-state index in [0.29, 0.717) is 5.95 Å². The first-order chi connectivity index (χ1) is 9.31. The summed E-state index contributed by atoms with van der Waals surface area (Å²) in [5, 5.41) is 11.0. The first-order valence-corrected chi connectivity index (χ1v) is 6.68. The van der Waals surface area contributed by atoms with Gasteiger partial charge in [-0.25, -0.2) is 0 Å². The summed E-state index contributed by atoms with van der Waals surface area (Å²) in [6, 6.07) is 0. The Morgan fingerprint density at radius 1 is 1.26 bits per heavy atom. The molecule has 0 unspecified atom stereocenters. The summed E-state index contributed by atoms with van der Waals surface area (Å²) in [6.45, 7) is 7.46. The minimum absolute atomic E-state index is 0.629. The molecule has 1 saturated heterocycles. The van der Waals surface area contributed by atoms with Crippen LogP contribution in [0.1, 0.15) is 6.92 Å². The van der Waals surface area contributed by atoms with E-state index < -0.39 is 0 Å². The zero-order valence-electron chi connectivity index (χ0n) is 11.3. The Hall–Kier alpha value is -1.89. The molecule has 0 aromatic carbocycles. The minimum atomic E-state index is 0.629. The number of hydrogen-bond donors (Lipinski definition) is 2. The number of nitrogens with one attached hydrogen (secondary N) is 2. The fraction of sp³-hybridized carbons (Fsp3) is 0.583. The number of aromatic amines is 1. The third-order valence-electron chi connectivity index (χ3n) is 3.63. The molecule has 1 aliphatic rings. The van der Waals surface area contributed by atoms with Crippen LogP contribution in [0.4, 0.5) is 11.8 Å². The highest BCUT2D eigenvalue weighted by molar-refractivity contribution is 5.87. The first kappa shape index (κ1) is 12.2. The van der Waals surface area contributed by atoms with E-state index in [9.17, 15) is 0 Å². The van der Waals surface area contributed by atoms with Gasteiger partial charge in [0.05, 0.1) is 11.6 Å². The lowest BCUT2D eigenvalue weighted by atomic mass is 10.3. The van der Waals surface area contributed by atoms with Gasteiger partial charge in [-0.15, -0.1) is 0 Å². The second kappa shape index (κ2) is 5.00. The van der Waals surface area contributed by atoms with Gasteiger partial charge in [-0.05, 0) is 6.54 Å². The molecule has 0 spiro atoms. The van der Waals surface area contributed by atoms with Crippen LogP contribution in [0, 0.1) is 0 Å². The highest BCUT2D eigenvalue weighted by Gasteiger charge is 2.20. The van der Waals surface area contributed by atoms with E-state index in [1.165, 1.54) is 0 Å². The van der Waals surface area contributed by atoms with Crippen LogP contribution in [0.15, 0.2) is 6.20 Å². The van der Waals surface area contributed by atoms with Crippen LogP contribution in [0.25, 0.3) is 11.0 Å². The van der Waals surface area contributed by atoms with Gasteiger partial charge >= 0.3 is 0 Å². The van der Waals surface area contributed by atoms with Crippen molar-refractivity contribution in [1.82, 2.24) is 25.1 Å². The summed E-state index contributed by atoms with van der Waals surface area (Å²) in [6.07, 6.45) is 1.80. The van der Waals surface area contributed by atoms with E-state index in [4.69, 9.17) is 0 Å². The number of likely N-dealkylation sites (N-methyl/N-ethyl adjacent to an activating group) is 1. The molecule has 1 aliphatic heterocycles. The molecule has 3 heterocycles. The Balaban J connectivity index is 1.93. The number of anilines is 2. The van der Waals surface area contributed by atoms with E-state index in [1.54, 1.807) is 6.20 Å². The molecule has 7 nitrogen and oxygen atoms in total. The second-order valence-corrected chi connectivity index (χ2v) is 4.67. The quantitative estimate of drug-likeness (QED) is 0.840. The number of H-pyrrole nitrogens is 1. The summed E-state index contributed by atoms with van der Waals surface area (Å²) in [5.41, 5.74) is 0.785. The van der Waals surface area contributed by atoms with Gasteiger partial charge in [-0.3, -0.25) is 5.10 Å². The Morgan fingerprint density at radius 2 is 2.05 bits per heavy atom. The van der Waals surface area contributed by atoms with E-state index in [2.05, 4.69) is 42.2 Å². The van der Waals surface area contributed by atoms with E-state index in [1.807, 2.05) is 7.05 Å². The molecule has 2 aromatic heterocycles. The molecular formula is C12H19N7. The van der Waals surface area contributed by atoms with Crippen LogP contribution in [0.2, 0.25) is 0 Å². The molecule has 2 N–H and O–H groups in total. The number of nitrogens with zero attached hydrogens (tertiary/aromatic N) is 5. The van der Waals surface area contributed by atoms with Gasteiger partial charge < -0.3 is 15.1 Å². The number of hydrogen-bond acceptors (Lipinski definition) is 6. The molecule has 0 saturated carbocycles. The van der Waals surface area contributed by atoms with Crippen LogP contribution >= 0.6 is 0 Å². The molecule has 19 heavy (non-hydrogen) atoms. The molecule has 0 aliphatic carbocycles. The van der Waals surface area contributed by atoms with Crippen LogP contribution < -0.4 is 10.2 Å². The summed E-state index contributed by atoms with van der Waals surface area (Å²) in [5.74, 6) is 1.60. The van der Waals surface area contributed by atoms with Gasteiger partial charge in [-0.1, -0.05) is 6.92 Å². The largest absolute Gasteiger partial charge is 0.357 e. The van der Waals surface area contributed by atoms with E-state index in [-0.39, 0.29) is 0 Å². The van der Waals surface area contributed by atoms with Gasteiger partial charge in [-0.2, -0.15) is 15.1 Å². The molecule has 102 valence electrons. The highest BCUT2D eigenvalue weighted by atomic mass is 15.3. The molecule has 3 rings (SSSR count). The standard InChI is InChI=1S/C12H19N7/c1-3-18-4-6-19(7-5-18)11-9-8-14-17-10(9)15-12(13-2)16-11/h8H,3-7H2,1-2H3,(H2,13,14,15,16,17). The smallest absolute Gasteiger partial charge is 0.226 e. The van der Waals surface area contributed by atoms with Crippen molar-refractivity contribution in [3.8, 4) is 0 Å². The molecule has 0 bridgehead atoms. The number of fused-ring (bicyclic) bond motifs is 1. The molecule has 7 heteroatoms. The fourth-order valence-electron chi connectivity index (χ4n) is 2.45. The van der Waals surface area contributed by atoms with E-state index >= 15 is 0 Å². The third kappa shape index (κ3) is 2.21. The summed E-state index contributed by atoms with van der Waals surface area (Å²) in [4.78, 5) is 13.7. The van der Waals surface area contributed by atoms with Crippen molar-refractivity contribution >= 4 is 22.8 Å². The average Bonchev–Trinajstić information content (AvgIpc) is 2.94. The van der Waals surface area contributed by atoms with Crippen LogP contribution in [0.5, 0.6) is 0 Å². The van der Waals surface area contributed by atoms with Crippen LogP contribution in [-0.2, 0) is 0 Å². The molecule has 2 aromatic rings. The Labute approximate surface area is 112 Å². The van der Waals surface area contributed by atoms with Crippen molar-refractivity contribution < 1.29 is 0 Å². The summed E-state index contributed by atoms with van der Waals surface area (Å²) < 4.78 is 0. The molecule has 0 amide bonds. The fourth-order valence-corrected chi connectivity index (χ4v) is 2.45. The van der Waals surface area contributed by atoms with Crippen molar-refractivity contribution in [2.75, 3.05) is 50.0 Å².